The van der Waals surface area contributed by atoms with Gasteiger partial charge in [0.1, 0.15) is 0 Å². The molecule has 0 radical (unpaired) electrons. The highest BCUT2D eigenvalue weighted by Crippen LogP contribution is 2.28. The average molecular weight is 231 g/mol. The second-order valence-corrected chi connectivity index (χ2v) is 3.92. The maximum Gasteiger partial charge on any atom is 0.165 e. The fourth-order valence-corrected chi connectivity index (χ4v) is 1.84. The molecule has 0 spiro atoms. The summed E-state index contributed by atoms with van der Waals surface area (Å²) in [5.41, 5.74) is 9.21. The number of hydrogen-bond donors (Lipinski definition) is 1. The van der Waals surface area contributed by atoms with E-state index in [-0.39, 0.29) is 11.6 Å². The van der Waals surface area contributed by atoms with Gasteiger partial charge in [0.2, 0.25) is 0 Å². The largest absolute Gasteiger partial charge is 0.494 e. The van der Waals surface area contributed by atoms with Crippen LogP contribution in [0.1, 0.15) is 5.56 Å². The lowest BCUT2D eigenvalue weighted by Gasteiger charge is -2.08. The van der Waals surface area contributed by atoms with Crippen LogP contribution < -0.4 is 10.5 Å². The Morgan fingerprint density at radius 3 is 2.47 bits per heavy atom. The molecule has 0 aliphatic rings. The fourth-order valence-electron chi connectivity index (χ4n) is 1.84. The van der Waals surface area contributed by atoms with Crippen LogP contribution in [-0.4, -0.2) is 7.11 Å². The summed E-state index contributed by atoms with van der Waals surface area (Å²) in [6.45, 7) is 1.95. The van der Waals surface area contributed by atoms with Crippen LogP contribution in [0, 0.1) is 12.7 Å². The van der Waals surface area contributed by atoms with Crippen molar-refractivity contribution < 1.29 is 9.13 Å². The lowest BCUT2D eigenvalue weighted by molar-refractivity contribution is 0.386. The number of methoxy groups -OCH3 is 1. The Kier molecular flexibility index (Phi) is 3.00. The van der Waals surface area contributed by atoms with Gasteiger partial charge in [-0.15, -0.1) is 0 Å². The SMILES string of the molecule is COc1ccc(-c2ccc(N)cc2C)cc1F. The van der Waals surface area contributed by atoms with Crippen LogP contribution in [-0.2, 0) is 0 Å². The van der Waals surface area contributed by atoms with Crippen molar-refractivity contribution >= 4 is 5.69 Å². The summed E-state index contributed by atoms with van der Waals surface area (Å²) in [5, 5.41) is 0. The first-order chi connectivity index (χ1) is 8.11. The van der Waals surface area contributed by atoms with Crippen molar-refractivity contribution in [1.29, 1.82) is 0 Å². The minimum atomic E-state index is -0.360. The summed E-state index contributed by atoms with van der Waals surface area (Å²) in [4.78, 5) is 0. The highest BCUT2D eigenvalue weighted by molar-refractivity contribution is 5.70. The number of ether oxygens (including phenoxy) is 1. The average Bonchev–Trinajstić information content (AvgIpc) is 2.29. The predicted molar refractivity (Wildman–Crippen MR) is 67.5 cm³/mol. The summed E-state index contributed by atoms with van der Waals surface area (Å²) in [6, 6.07) is 10.5. The van der Waals surface area contributed by atoms with Crippen LogP contribution in [0.15, 0.2) is 36.4 Å². The van der Waals surface area contributed by atoms with Crippen molar-refractivity contribution in [3.8, 4) is 16.9 Å². The highest BCUT2D eigenvalue weighted by Gasteiger charge is 2.07. The monoisotopic (exact) mass is 231 g/mol. The van der Waals surface area contributed by atoms with Gasteiger partial charge in [0.05, 0.1) is 7.11 Å². The third-order valence-electron chi connectivity index (χ3n) is 2.71. The third kappa shape index (κ3) is 2.23. The zero-order valence-electron chi connectivity index (χ0n) is 9.83. The van der Waals surface area contributed by atoms with Crippen LogP contribution >= 0.6 is 0 Å². The molecule has 0 saturated heterocycles. The Morgan fingerprint density at radius 1 is 1.12 bits per heavy atom. The van der Waals surface area contributed by atoms with E-state index >= 15 is 0 Å². The van der Waals surface area contributed by atoms with Crippen molar-refractivity contribution in [2.75, 3.05) is 12.8 Å². The van der Waals surface area contributed by atoms with Gasteiger partial charge < -0.3 is 10.5 Å². The number of halogens is 1. The van der Waals surface area contributed by atoms with Gasteiger partial charge in [-0.1, -0.05) is 12.1 Å². The predicted octanol–water partition coefficient (Wildman–Crippen LogP) is 3.39. The van der Waals surface area contributed by atoms with Crippen molar-refractivity contribution in [3.63, 3.8) is 0 Å². The number of anilines is 1. The number of nitrogen functional groups attached to an aromatic ring is 1. The minimum absolute atomic E-state index is 0.252. The van der Waals surface area contributed by atoms with E-state index in [0.717, 1.165) is 16.7 Å². The number of aryl methyl sites for hydroxylation is 1. The van der Waals surface area contributed by atoms with E-state index in [4.69, 9.17) is 10.5 Å². The minimum Gasteiger partial charge on any atom is -0.494 e. The number of rotatable bonds is 2. The zero-order valence-corrected chi connectivity index (χ0v) is 9.83. The van der Waals surface area contributed by atoms with E-state index in [9.17, 15) is 4.39 Å². The summed E-state index contributed by atoms with van der Waals surface area (Å²) < 4.78 is 18.5. The fraction of sp³-hybridized carbons (Fsp3) is 0.143. The van der Waals surface area contributed by atoms with Gasteiger partial charge in [-0.2, -0.15) is 0 Å². The van der Waals surface area contributed by atoms with Gasteiger partial charge in [-0.05, 0) is 47.9 Å². The van der Waals surface area contributed by atoms with Gasteiger partial charge in [0.15, 0.2) is 11.6 Å². The standard InChI is InChI=1S/C14H14FNO/c1-9-7-11(16)4-5-12(9)10-3-6-14(17-2)13(15)8-10/h3-8H,16H2,1-2H3. The molecule has 3 heteroatoms. The van der Waals surface area contributed by atoms with Crippen molar-refractivity contribution in [1.82, 2.24) is 0 Å². The van der Waals surface area contributed by atoms with Crippen molar-refractivity contribution in [2.45, 2.75) is 6.92 Å². The van der Waals surface area contributed by atoms with Crippen LogP contribution in [0.5, 0.6) is 5.75 Å². The molecule has 88 valence electrons. The molecular weight excluding hydrogens is 217 g/mol. The third-order valence-corrected chi connectivity index (χ3v) is 2.71. The smallest absolute Gasteiger partial charge is 0.165 e. The summed E-state index contributed by atoms with van der Waals surface area (Å²) >= 11 is 0. The Morgan fingerprint density at radius 2 is 1.88 bits per heavy atom. The number of nitrogens with two attached hydrogens (primary N) is 1. The van der Waals surface area contributed by atoms with E-state index in [1.165, 1.54) is 13.2 Å². The molecule has 0 aromatic heterocycles. The number of hydrogen-bond acceptors (Lipinski definition) is 2. The molecule has 0 atom stereocenters. The summed E-state index contributed by atoms with van der Waals surface area (Å²) in [5.74, 6) is -0.108. The second-order valence-electron chi connectivity index (χ2n) is 3.92. The maximum absolute atomic E-state index is 13.6. The Bertz CT molecular complexity index is 552. The molecule has 0 saturated carbocycles. The molecule has 0 unspecified atom stereocenters. The van der Waals surface area contributed by atoms with E-state index in [1.54, 1.807) is 6.07 Å². The molecular formula is C14H14FNO. The van der Waals surface area contributed by atoms with E-state index in [1.807, 2.05) is 31.2 Å². The van der Waals surface area contributed by atoms with Gasteiger partial charge in [-0.3, -0.25) is 0 Å². The first-order valence-electron chi connectivity index (χ1n) is 5.32. The lowest BCUT2D eigenvalue weighted by Crippen LogP contribution is -1.91. The molecule has 0 heterocycles. The number of benzene rings is 2. The van der Waals surface area contributed by atoms with Gasteiger partial charge in [0.25, 0.3) is 0 Å². The quantitative estimate of drug-likeness (QED) is 0.804. The van der Waals surface area contributed by atoms with E-state index < -0.39 is 0 Å². The molecule has 2 N–H and O–H groups in total. The van der Waals surface area contributed by atoms with E-state index in [2.05, 4.69) is 0 Å². The molecule has 0 amide bonds. The van der Waals surface area contributed by atoms with Crippen molar-refractivity contribution in [2.24, 2.45) is 0 Å². The molecule has 0 fully saturated rings. The molecule has 0 bridgehead atoms. The van der Waals surface area contributed by atoms with Crippen LogP contribution in [0.25, 0.3) is 11.1 Å². The first kappa shape index (κ1) is 11.5. The molecule has 0 aliphatic heterocycles. The Labute approximate surface area is 99.8 Å². The Balaban J connectivity index is 2.50. The normalized spacial score (nSPS) is 10.3. The topological polar surface area (TPSA) is 35.2 Å². The van der Waals surface area contributed by atoms with Crippen LogP contribution in [0.4, 0.5) is 10.1 Å². The summed E-state index contributed by atoms with van der Waals surface area (Å²) in [7, 11) is 1.45. The zero-order chi connectivity index (χ0) is 12.4. The molecule has 2 rings (SSSR count). The Hall–Kier alpha value is -2.03. The molecule has 2 aromatic carbocycles. The molecule has 17 heavy (non-hydrogen) atoms. The van der Waals surface area contributed by atoms with Gasteiger partial charge in [0, 0.05) is 5.69 Å². The van der Waals surface area contributed by atoms with Crippen molar-refractivity contribution in [3.05, 3.63) is 47.8 Å². The van der Waals surface area contributed by atoms with Gasteiger partial charge >= 0.3 is 0 Å². The molecule has 2 nitrogen and oxygen atoms in total. The van der Waals surface area contributed by atoms with Crippen LogP contribution in [0.3, 0.4) is 0 Å². The van der Waals surface area contributed by atoms with Gasteiger partial charge in [-0.25, -0.2) is 4.39 Å². The molecule has 2 aromatic rings. The second kappa shape index (κ2) is 4.45. The molecule has 0 aliphatic carbocycles. The maximum atomic E-state index is 13.6. The summed E-state index contributed by atoms with van der Waals surface area (Å²) in [6.07, 6.45) is 0. The van der Waals surface area contributed by atoms with E-state index in [0.29, 0.717) is 5.69 Å². The highest BCUT2D eigenvalue weighted by atomic mass is 19.1. The lowest BCUT2D eigenvalue weighted by atomic mass is 10.00. The van der Waals surface area contributed by atoms with Crippen LogP contribution in [0.2, 0.25) is 0 Å². The first-order valence-corrected chi connectivity index (χ1v) is 5.32.